The number of fused-ring (bicyclic) bond motifs is 1. The summed E-state index contributed by atoms with van der Waals surface area (Å²) in [5.41, 5.74) is 5.73. The number of hydrogen-bond donors (Lipinski definition) is 1. The fourth-order valence-electron chi connectivity index (χ4n) is 3.05. The first-order chi connectivity index (χ1) is 12.7. The molecule has 1 amide bonds. The van der Waals surface area contributed by atoms with Crippen LogP contribution in [0.15, 0.2) is 85.1 Å². The average molecular weight is 338 g/mol. The van der Waals surface area contributed by atoms with Crippen LogP contribution >= 0.6 is 0 Å². The quantitative estimate of drug-likeness (QED) is 0.539. The van der Waals surface area contributed by atoms with E-state index in [0.29, 0.717) is 5.56 Å². The van der Waals surface area contributed by atoms with E-state index in [9.17, 15) is 4.79 Å². The minimum absolute atomic E-state index is 0.128. The number of nitrogens with zero attached hydrogens (tertiary/aromatic N) is 1. The maximum Gasteiger partial charge on any atom is 0.255 e. The van der Waals surface area contributed by atoms with Gasteiger partial charge in [0.1, 0.15) is 0 Å². The maximum absolute atomic E-state index is 12.5. The van der Waals surface area contributed by atoms with Gasteiger partial charge >= 0.3 is 0 Å². The van der Waals surface area contributed by atoms with Crippen molar-refractivity contribution in [2.45, 2.75) is 6.92 Å². The van der Waals surface area contributed by atoms with Crippen molar-refractivity contribution in [1.82, 2.24) is 4.98 Å². The lowest BCUT2D eigenvalue weighted by atomic mass is 9.99. The largest absolute Gasteiger partial charge is 0.322 e. The third-order valence-corrected chi connectivity index (χ3v) is 4.47. The van der Waals surface area contributed by atoms with Crippen LogP contribution in [-0.2, 0) is 0 Å². The zero-order chi connectivity index (χ0) is 17.9. The molecular formula is C23H18N2O. The molecule has 26 heavy (non-hydrogen) atoms. The van der Waals surface area contributed by atoms with Crippen LogP contribution in [0.25, 0.3) is 22.0 Å². The van der Waals surface area contributed by atoms with Crippen LogP contribution in [0.4, 0.5) is 5.69 Å². The van der Waals surface area contributed by atoms with Gasteiger partial charge in [-0.1, -0.05) is 48.5 Å². The Morgan fingerprint density at radius 1 is 0.885 bits per heavy atom. The van der Waals surface area contributed by atoms with E-state index in [1.807, 2.05) is 66.7 Å². The molecular weight excluding hydrogens is 320 g/mol. The highest BCUT2D eigenvalue weighted by Gasteiger charge is 2.08. The van der Waals surface area contributed by atoms with Crippen molar-refractivity contribution < 1.29 is 4.79 Å². The highest BCUT2D eigenvalue weighted by Crippen LogP contribution is 2.24. The number of benzene rings is 3. The fourth-order valence-corrected chi connectivity index (χ4v) is 3.05. The van der Waals surface area contributed by atoms with Gasteiger partial charge in [-0.15, -0.1) is 0 Å². The molecule has 0 aliphatic heterocycles. The molecule has 4 rings (SSSR count). The summed E-state index contributed by atoms with van der Waals surface area (Å²) in [5, 5.41) is 3.99. The molecule has 0 saturated carbocycles. The Morgan fingerprint density at radius 3 is 2.50 bits per heavy atom. The van der Waals surface area contributed by atoms with Gasteiger partial charge in [0, 0.05) is 22.8 Å². The molecule has 1 aromatic heterocycles. The molecule has 0 atom stereocenters. The third-order valence-electron chi connectivity index (χ3n) is 4.47. The second-order valence-electron chi connectivity index (χ2n) is 6.26. The zero-order valence-corrected chi connectivity index (χ0v) is 14.4. The van der Waals surface area contributed by atoms with Crippen LogP contribution in [0.1, 0.15) is 15.9 Å². The minimum Gasteiger partial charge on any atom is -0.322 e. The van der Waals surface area contributed by atoms with E-state index >= 15 is 0 Å². The van der Waals surface area contributed by atoms with Gasteiger partial charge in [0.2, 0.25) is 0 Å². The summed E-state index contributed by atoms with van der Waals surface area (Å²) in [5.74, 6) is -0.128. The third kappa shape index (κ3) is 3.20. The summed E-state index contributed by atoms with van der Waals surface area (Å²) in [6, 6.07) is 25.5. The second kappa shape index (κ2) is 6.81. The van der Waals surface area contributed by atoms with Crippen molar-refractivity contribution in [2.24, 2.45) is 0 Å². The Bertz CT molecular complexity index is 1080. The van der Waals surface area contributed by atoms with Crippen LogP contribution < -0.4 is 5.32 Å². The van der Waals surface area contributed by atoms with E-state index < -0.39 is 0 Å². The summed E-state index contributed by atoms with van der Waals surface area (Å²) in [7, 11) is 0. The summed E-state index contributed by atoms with van der Waals surface area (Å²) in [6.07, 6.45) is 1.75. The molecule has 0 aliphatic carbocycles. The first-order valence-corrected chi connectivity index (χ1v) is 8.53. The average Bonchev–Trinajstić information content (AvgIpc) is 2.68. The standard InChI is InChI=1S/C23H18N2O/c1-16-5-2-3-7-21(16)17-8-10-19(11-9-17)23(26)25-20-13-12-18-6-4-14-24-22(18)15-20/h2-15H,1H3,(H,25,26). The molecule has 1 N–H and O–H groups in total. The zero-order valence-electron chi connectivity index (χ0n) is 14.4. The van der Waals surface area contributed by atoms with Gasteiger partial charge in [-0.05, 0) is 53.9 Å². The van der Waals surface area contributed by atoms with Crippen LogP contribution in [0.5, 0.6) is 0 Å². The molecule has 3 heteroatoms. The molecule has 0 radical (unpaired) electrons. The van der Waals surface area contributed by atoms with Gasteiger partial charge in [-0.3, -0.25) is 9.78 Å². The topological polar surface area (TPSA) is 42.0 Å². The van der Waals surface area contributed by atoms with E-state index in [-0.39, 0.29) is 5.91 Å². The first kappa shape index (κ1) is 16.0. The number of hydrogen-bond acceptors (Lipinski definition) is 2. The monoisotopic (exact) mass is 338 g/mol. The molecule has 126 valence electrons. The minimum atomic E-state index is -0.128. The number of pyridine rings is 1. The summed E-state index contributed by atoms with van der Waals surface area (Å²) in [4.78, 5) is 16.9. The summed E-state index contributed by atoms with van der Waals surface area (Å²) < 4.78 is 0. The summed E-state index contributed by atoms with van der Waals surface area (Å²) >= 11 is 0. The molecule has 1 heterocycles. The van der Waals surface area contributed by atoms with E-state index in [4.69, 9.17) is 0 Å². The molecule has 0 aliphatic rings. The number of aryl methyl sites for hydroxylation is 1. The number of aromatic nitrogens is 1. The van der Waals surface area contributed by atoms with Gasteiger partial charge in [-0.2, -0.15) is 0 Å². The van der Waals surface area contributed by atoms with Crippen molar-refractivity contribution in [3.63, 3.8) is 0 Å². The van der Waals surface area contributed by atoms with Gasteiger partial charge in [0.15, 0.2) is 0 Å². The Hall–Kier alpha value is -3.46. The van der Waals surface area contributed by atoms with Crippen molar-refractivity contribution in [3.05, 3.63) is 96.2 Å². The Kier molecular flexibility index (Phi) is 4.20. The van der Waals surface area contributed by atoms with Gasteiger partial charge in [0.25, 0.3) is 5.91 Å². The Morgan fingerprint density at radius 2 is 1.69 bits per heavy atom. The predicted octanol–water partition coefficient (Wildman–Crippen LogP) is 5.46. The number of carbonyl (C=O) groups excluding carboxylic acids is 1. The van der Waals surface area contributed by atoms with Crippen molar-refractivity contribution in [2.75, 3.05) is 5.32 Å². The number of carbonyl (C=O) groups is 1. The second-order valence-corrected chi connectivity index (χ2v) is 6.26. The molecule has 0 saturated heterocycles. The maximum atomic E-state index is 12.5. The Labute approximate surface area is 152 Å². The normalized spacial score (nSPS) is 10.7. The molecule has 0 bridgehead atoms. The lowest BCUT2D eigenvalue weighted by Crippen LogP contribution is -2.11. The lowest BCUT2D eigenvalue weighted by Gasteiger charge is -2.09. The van der Waals surface area contributed by atoms with Crippen LogP contribution in [0.2, 0.25) is 0 Å². The van der Waals surface area contributed by atoms with Crippen molar-refractivity contribution >= 4 is 22.5 Å². The number of nitrogens with one attached hydrogen (secondary N) is 1. The molecule has 4 aromatic rings. The van der Waals surface area contributed by atoms with E-state index in [1.165, 1.54) is 11.1 Å². The van der Waals surface area contributed by atoms with Crippen molar-refractivity contribution in [3.8, 4) is 11.1 Å². The highest BCUT2D eigenvalue weighted by molar-refractivity contribution is 6.05. The Balaban J connectivity index is 1.55. The summed E-state index contributed by atoms with van der Waals surface area (Å²) in [6.45, 7) is 2.09. The number of rotatable bonds is 3. The fraction of sp³-hybridized carbons (Fsp3) is 0.0435. The molecule has 0 unspecified atom stereocenters. The number of anilines is 1. The first-order valence-electron chi connectivity index (χ1n) is 8.53. The van der Waals surface area contributed by atoms with Gasteiger partial charge < -0.3 is 5.32 Å². The van der Waals surface area contributed by atoms with Gasteiger partial charge in [-0.25, -0.2) is 0 Å². The van der Waals surface area contributed by atoms with Gasteiger partial charge in [0.05, 0.1) is 5.52 Å². The smallest absolute Gasteiger partial charge is 0.255 e. The number of amides is 1. The van der Waals surface area contributed by atoms with E-state index in [2.05, 4.69) is 29.4 Å². The molecule has 3 aromatic carbocycles. The van der Waals surface area contributed by atoms with E-state index in [0.717, 1.165) is 22.2 Å². The van der Waals surface area contributed by atoms with Crippen molar-refractivity contribution in [1.29, 1.82) is 0 Å². The molecule has 3 nitrogen and oxygen atoms in total. The predicted molar refractivity (Wildman–Crippen MR) is 106 cm³/mol. The highest BCUT2D eigenvalue weighted by atomic mass is 16.1. The van der Waals surface area contributed by atoms with E-state index in [1.54, 1.807) is 6.20 Å². The van der Waals surface area contributed by atoms with Crippen LogP contribution in [0.3, 0.4) is 0 Å². The molecule has 0 spiro atoms. The van der Waals surface area contributed by atoms with Crippen LogP contribution in [-0.4, -0.2) is 10.9 Å². The SMILES string of the molecule is Cc1ccccc1-c1ccc(C(=O)Nc2ccc3cccnc3c2)cc1. The molecule has 0 fully saturated rings. The van der Waals surface area contributed by atoms with Crippen LogP contribution in [0, 0.1) is 6.92 Å². The lowest BCUT2D eigenvalue weighted by molar-refractivity contribution is 0.102.